The Bertz CT molecular complexity index is 1700. The van der Waals surface area contributed by atoms with Crippen LogP contribution in [0.15, 0.2) is 78.9 Å². The van der Waals surface area contributed by atoms with Gasteiger partial charge in [-0.15, -0.1) is 0 Å². The number of hydrogen-bond donors (Lipinski definition) is 4. The highest BCUT2D eigenvalue weighted by Gasteiger charge is 2.57. The Morgan fingerprint density at radius 1 is 1.02 bits per heavy atom. The van der Waals surface area contributed by atoms with E-state index in [1.807, 2.05) is 72.8 Å². The number of nitrogens with one attached hydrogen (secondary N) is 2. The zero-order valence-corrected chi connectivity index (χ0v) is 28.3. The molecule has 256 valence electrons. The summed E-state index contributed by atoms with van der Waals surface area (Å²) >= 11 is 0. The van der Waals surface area contributed by atoms with Gasteiger partial charge < -0.3 is 19.9 Å². The molecule has 3 aliphatic carbocycles. The smallest absolute Gasteiger partial charge is 0.380 e. The van der Waals surface area contributed by atoms with E-state index < -0.39 is 22.4 Å². The van der Waals surface area contributed by atoms with E-state index in [2.05, 4.69) is 17.6 Å². The Hall–Kier alpha value is -3.73. The average Bonchev–Trinajstić information content (AvgIpc) is 3.32. The lowest BCUT2D eigenvalue weighted by Crippen LogP contribution is -2.48. The van der Waals surface area contributed by atoms with Crippen LogP contribution >= 0.6 is 0 Å². The van der Waals surface area contributed by atoms with Crippen molar-refractivity contribution in [2.75, 3.05) is 6.54 Å². The van der Waals surface area contributed by atoms with Crippen LogP contribution in [0, 0.1) is 23.2 Å². The molecule has 0 aliphatic heterocycles. The largest absolute Gasteiger partial charge is 0.392 e. The molecule has 6 rings (SSSR count). The molecule has 0 aromatic heterocycles. The molecule has 3 aromatic rings. The number of amides is 2. The van der Waals surface area contributed by atoms with Gasteiger partial charge in [0.05, 0.1) is 12.5 Å². The van der Waals surface area contributed by atoms with Gasteiger partial charge in [-0.3, -0.25) is 9.59 Å². The van der Waals surface area contributed by atoms with Crippen LogP contribution in [0.5, 0.6) is 5.75 Å². The molecular formula is C38H47N3O6S. The number of benzene rings is 3. The monoisotopic (exact) mass is 673 g/mol. The summed E-state index contributed by atoms with van der Waals surface area (Å²) in [5.74, 6) is 1.25. The Labute approximate surface area is 283 Å². The lowest BCUT2D eigenvalue weighted by Gasteiger charge is -2.50. The van der Waals surface area contributed by atoms with Crippen LogP contribution in [-0.2, 0) is 39.2 Å². The highest BCUT2D eigenvalue weighted by atomic mass is 32.2. The van der Waals surface area contributed by atoms with E-state index in [-0.39, 0.29) is 35.3 Å². The highest BCUT2D eigenvalue weighted by Crippen LogP contribution is 2.62. The summed E-state index contributed by atoms with van der Waals surface area (Å²) in [5, 5.41) is 22.7. The summed E-state index contributed by atoms with van der Waals surface area (Å²) in [6.45, 7) is 2.73. The summed E-state index contributed by atoms with van der Waals surface area (Å²) in [5.41, 5.74) is 4.10. The minimum atomic E-state index is -4.07. The van der Waals surface area contributed by atoms with Gasteiger partial charge in [0, 0.05) is 13.0 Å². The van der Waals surface area contributed by atoms with E-state index >= 15 is 0 Å². The molecule has 9 nitrogen and oxygen atoms in total. The van der Waals surface area contributed by atoms with Crippen molar-refractivity contribution in [3.05, 3.63) is 101 Å². The Kier molecular flexibility index (Phi) is 10.2. The summed E-state index contributed by atoms with van der Waals surface area (Å²) in [6, 6.07) is 24.0. The first-order valence-electron chi connectivity index (χ1n) is 17.2. The van der Waals surface area contributed by atoms with Gasteiger partial charge in [0.2, 0.25) is 11.8 Å². The van der Waals surface area contributed by atoms with Crippen molar-refractivity contribution in [2.24, 2.45) is 28.3 Å². The Morgan fingerprint density at radius 3 is 2.44 bits per heavy atom. The fourth-order valence-corrected chi connectivity index (χ4v) is 9.33. The molecule has 3 aliphatic rings. The number of carbonyl (C=O) groups is 2. The lowest BCUT2D eigenvalue weighted by atomic mass is 9.55. The first kappa shape index (κ1) is 34.1. The normalized spacial score (nSPS) is 26.8. The van der Waals surface area contributed by atoms with Crippen LogP contribution in [0.25, 0.3) is 0 Å². The molecule has 2 fully saturated rings. The molecule has 48 heavy (non-hydrogen) atoms. The van der Waals surface area contributed by atoms with Gasteiger partial charge in [0.25, 0.3) is 0 Å². The van der Waals surface area contributed by atoms with Crippen molar-refractivity contribution in [2.45, 2.75) is 82.8 Å². The van der Waals surface area contributed by atoms with Crippen LogP contribution in [0.4, 0.5) is 0 Å². The van der Waals surface area contributed by atoms with E-state index in [1.54, 1.807) is 6.07 Å². The summed E-state index contributed by atoms with van der Waals surface area (Å²) < 4.78 is 27.8. The standard InChI is InChI=1S/C38H47N3O6S/c1-38-19-18-31-30-17-15-29(47-48(39,45)46)23-27(30)14-16-32(31)33(38)24-28(36(38)43)13-8-20-40-37(44)34(21-25-9-4-2-5-10-25)41-35(42)22-26-11-6-3-7-12-26/h2-7,9-12,15,17,23,28,31-34,36,43H,8,13-14,16,18-22,24H2,1H3,(H,40,44)(H,41,42)(H2,39,45,46)/t28-,31+,32+,33-,34?,36-,38-/m0/s1. The van der Waals surface area contributed by atoms with Crippen molar-refractivity contribution in [3.8, 4) is 5.75 Å². The zero-order chi connectivity index (χ0) is 33.9. The Balaban J connectivity index is 1.04. The number of fused-ring (bicyclic) bond motifs is 5. The second-order valence-corrected chi connectivity index (χ2v) is 15.4. The van der Waals surface area contributed by atoms with Gasteiger partial charge in [-0.05, 0) is 108 Å². The average molecular weight is 674 g/mol. The van der Waals surface area contributed by atoms with Crippen molar-refractivity contribution in [1.82, 2.24) is 10.6 Å². The summed E-state index contributed by atoms with van der Waals surface area (Å²) in [6.07, 6.45) is 6.49. The number of rotatable bonds is 12. The van der Waals surface area contributed by atoms with E-state index in [1.165, 1.54) is 5.56 Å². The predicted molar refractivity (Wildman–Crippen MR) is 184 cm³/mol. The number of carbonyl (C=O) groups excluding carboxylic acids is 2. The van der Waals surface area contributed by atoms with Gasteiger partial charge >= 0.3 is 10.3 Å². The van der Waals surface area contributed by atoms with Gasteiger partial charge in [-0.1, -0.05) is 73.7 Å². The van der Waals surface area contributed by atoms with E-state index in [9.17, 15) is 23.1 Å². The first-order chi connectivity index (χ1) is 23.0. The quantitative estimate of drug-likeness (QED) is 0.207. The molecule has 0 saturated heterocycles. The number of nitrogens with two attached hydrogens (primary N) is 1. The van der Waals surface area contributed by atoms with Crippen molar-refractivity contribution in [1.29, 1.82) is 0 Å². The molecule has 2 amide bonds. The molecule has 0 heterocycles. The number of hydrogen-bond acceptors (Lipinski definition) is 6. The molecule has 0 bridgehead atoms. The van der Waals surface area contributed by atoms with Gasteiger partial charge in [-0.2, -0.15) is 13.6 Å². The van der Waals surface area contributed by atoms with Crippen molar-refractivity contribution >= 4 is 22.1 Å². The number of aliphatic hydroxyl groups is 1. The topological polar surface area (TPSA) is 148 Å². The van der Waals surface area contributed by atoms with Crippen LogP contribution in [0.3, 0.4) is 0 Å². The van der Waals surface area contributed by atoms with E-state index in [4.69, 9.17) is 9.32 Å². The van der Waals surface area contributed by atoms with Gasteiger partial charge in [0.15, 0.2) is 0 Å². The maximum Gasteiger partial charge on any atom is 0.380 e. The predicted octanol–water partition coefficient (Wildman–Crippen LogP) is 4.58. The summed E-state index contributed by atoms with van der Waals surface area (Å²) in [4.78, 5) is 26.3. The maximum absolute atomic E-state index is 13.4. The summed E-state index contributed by atoms with van der Waals surface area (Å²) in [7, 11) is -4.07. The minimum Gasteiger partial charge on any atom is -0.392 e. The molecule has 0 radical (unpaired) electrons. The third-order valence-electron chi connectivity index (χ3n) is 11.2. The number of aryl methyl sites for hydroxylation is 1. The van der Waals surface area contributed by atoms with Crippen LogP contribution in [-0.4, -0.2) is 44.0 Å². The van der Waals surface area contributed by atoms with Crippen LogP contribution < -0.4 is 20.0 Å². The van der Waals surface area contributed by atoms with E-state index in [0.29, 0.717) is 30.7 Å². The fourth-order valence-electron chi connectivity index (χ4n) is 8.96. The molecule has 2 saturated carbocycles. The first-order valence-corrected chi connectivity index (χ1v) is 18.7. The molecule has 7 atom stereocenters. The van der Waals surface area contributed by atoms with Gasteiger partial charge in [0.1, 0.15) is 11.8 Å². The molecule has 0 spiro atoms. The van der Waals surface area contributed by atoms with Crippen molar-refractivity contribution in [3.63, 3.8) is 0 Å². The second kappa shape index (κ2) is 14.4. The van der Waals surface area contributed by atoms with E-state index in [0.717, 1.165) is 61.6 Å². The SMILES string of the molecule is C[C@]12CC[C@@H]3c4ccc(OS(N)(=O)=O)cc4CC[C@H]3[C@@H]1C[C@H](CCCNC(=O)C(Cc1ccccc1)NC(=O)Cc1ccccc1)[C@@H]2O. The Morgan fingerprint density at radius 2 is 1.73 bits per heavy atom. The molecule has 5 N–H and O–H groups in total. The third-order valence-corrected chi connectivity index (χ3v) is 11.6. The van der Waals surface area contributed by atoms with Crippen LogP contribution in [0.1, 0.15) is 73.6 Å². The lowest BCUT2D eigenvalue weighted by molar-refractivity contribution is -0.128. The zero-order valence-electron chi connectivity index (χ0n) is 27.5. The van der Waals surface area contributed by atoms with Gasteiger partial charge in [-0.25, -0.2) is 0 Å². The maximum atomic E-state index is 13.4. The molecule has 3 aromatic carbocycles. The fraction of sp³-hybridized carbons (Fsp3) is 0.474. The van der Waals surface area contributed by atoms with Crippen molar-refractivity contribution < 1.29 is 27.3 Å². The minimum absolute atomic E-state index is 0.146. The number of aliphatic hydroxyl groups excluding tert-OH is 1. The molecule has 1 unspecified atom stereocenters. The highest BCUT2D eigenvalue weighted by molar-refractivity contribution is 7.84. The molecule has 10 heteroatoms. The van der Waals surface area contributed by atoms with Crippen LogP contribution in [0.2, 0.25) is 0 Å². The molecular weight excluding hydrogens is 627 g/mol. The second-order valence-electron chi connectivity index (χ2n) is 14.2. The third kappa shape index (κ3) is 7.77.